The zero-order valence-electron chi connectivity index (χ0n) is 9.67. The normalized spacial score (nSPS) is 18.2. The summed E-state index contributed by atoms with van der Waals surface area (Å²) in [6.07, 6.45) is 6.93. The molecule has 0 bridgehead atoms. The maximum Gasteiger partial charge on any atom is 0.161 e. The van der Waals surface area contributed by atoms with Crippen molar-refractivity contribution in [2.24, 2.45) is 0 Å². The van der Waals surface area contributed by atoms with Crippen LogP contribution in [-0.2, 0) is 4.79 Å². The number of aliphatic hydroxyl groups excluding tert-OH is 1. The smallest absolute Gasteiger partial charge is 0.161 e. The average Bonchev–Trinajstić information content (AvgIpc) is 2.38. The number of carbonyl (C=O) groups is 1. The van der Waals surface area contributed by atoms with Crippen LogP contribution >= 0.6 is 0 Å². The van der Waals surface area contributed by atoms with Crippen molar-refractivity contribution in [1.82, 2.24) is 0 Å². The van der Waals surface area contributed by atoms with Gasteiger partial charge in [0, 0.05) is 12.0 Å². The molecule has 88 valence electrons. The third-order valence-corrected chi connectivity index (χ3v) is 2.88. The van der Waals surface area contributed by atoms with Crippen molar-refractivity contribution in [2.45, 2.75) is 25.4 Å². The van der Waals surface area contributed by atoms with E-state index in [1.165, 1.54) is 0 Å². The van der Waals surface area contributed by atoms with Gasteiger partial charge in [-0.2, -0.15) is 0 Å². The number of ketones is 1. The number of benzene rings is 1. The summed E-state index contributed by atoms with van der Waals surface area (Å²) in [5.41, 5.74) is 1.57. The number of hydrogen-bond acceptors (Lipinski definition) is 2. The van der Waals surface area contributed by atoms with Crippen molar-refractivity contribution < 1.29 is 9.90 Å². The topological polar surface area (TPSA) is 37.3 Å². The molecule has 1 unspecified atom stereocenters. The monoisotopic (exact) mass is 228 g/mol. The first-order valence-electron chi connectivity index (χ1n) is 5.92. The highest BCUT2D eigenvalue weighted by atomic mass is 16.3. The molecule has 1 atom stereocenters. The van der Waals surface area contributed by atoms with Gasteiger partial charge in [0.2, 0.25) is 0 Å². The second-order valence-electron chi connectivity index (χ2n) is 4.19. The molecule has 0 fully saturated rings. The maximum absolute atomic E-state index is 11.6. The molecule has 0 heterocycles. The van der Waals surface area contributed by atoms with E-state index in [1.807, 2.05) is 42.5 Å². The van der Waals surface area contributed by atoms with Crippen molar-refractivity contribution in [3.05, 3.63) is 53.6 Å². The predicted molar refractivity (Wildman–Crippen MR) is 68.4 cm³/mol. The van der Waals surface area contributed by atoms with Crippen LogP contribution in [0.25, 0.3) is 6.08 Å². The third-order valence-electron chi connectivity index (χ3n) is 2.88. The lowest BCUT2D eigenvalue weighted by Crippen LogP contribution is -2.18. The van der Waals surface area contributed by atoms with Gasteiger partial charge in [-0.15, -0.1) is 0 Å². The van der Waals surface area contributed by atoms with Crippen LogP contribution in [0, 0.1) is 0 Å². The van der Waals surface area contributed by atoms with E-state index < -0.39 is 6.10 Å². The van der Waals surface area contributed by atoms with Crippen molar-refractivity contribution in [3.8, 4) is 0 Å². The lowest BCUT2D eigenvalue weighted by atomic mass is 9.93. The summed E-state index contributed by atoms with van der Waals surface area (Å²) < 4.78 is 0. The van der Waals surface area contributed by atoms with Crippen molar-refractivity contribution in [3.63, 3.8) is 0 Å². The summed E-state index contributed by atoms with van der Waals surface area (Å²) in [5.74, 6) is 0.0708. The molecule has 2 nitrogen and oxygen atoms in total. The maximum atomic E-state index is 11.6. The van der Waals surface area contributed by atoms with Gasteiger partial charge in [-0.3, -0.25) is 4.79 Å². The number of Topliss-reactive ketones (excluding diaryl/α,β-unsaturated/α-hetero) is 1. The molecule has 1 aromatic carbocycles. The Kier molecular flexibility index (Phi) is 3.89. The summed E-state index contributed by atoms with van der Waals surface area (Å²) in [5, 5.41) is 9.93. The summed E-state index contributed by atoms with van der Waals surface area (Å²) >= 11 is 0. The highest BCUT2D eigenvalue weighted by Crippen LogP contribution is 2.18. The molecule has 0 aliphatic heterocycles. The van der Waals surface area contributed by atoms with Gasteiger partial charge in [0.05, 0.1) is 0 Å². The largest absolute Gasteiger partial charge is 0.384 e. The van der Waals surface area contributed by atoms with E-state index in [0.29, 0.717) is 12.0 Å². The van der Waals surface area contributed by atoms with Crippen molar-refractivity contribution in [2.75, 3.05) is 0 Å². The van der Waals surface area contributed by atoms with E-state index in [4.69, 9.17) is 0 Å². The Labute approximate surface area is 101 Å². The summed E-state index contributed by atoms with van der Waals surface area (Å²) in [6, 6.07) is 9.75. The van der Waals surface area contributed by atoms with Gasteiger partial charge in [-0.1, -0.05) is 48.6 Å². The number of carbonyl (C=O) groups excluding carboxylic acids is 1. The third kappa shape index (κ3) is 3.14. The highest BCUT2D eigenvalue weighted by Gasteiger charge is 2.18. The van der Waals surface area contributed by atoms with Gasteiger partial charge in [0.15, 0.2) is 5.78 Å². The molecule has 2 heteroatoms. The number of aliphatic hydroxyl groups is 1. The predicted octanol–water partition coefficient (Wildman–Crippen LogP) is 2.74. The molecule has 1 aromatic rings. The number of rotatable bonds is 3. The van der Waals surface area contributed by atoms with Crippen LogP contribution in [0.3, 0.4) is 0 Å². The molecular weight excluding hydrogens is 212 g/mol. The second-order valence-corrected chi connectivity index (χ2v) is 4.19. The lowest BCUT2D eigenvalue weighted by Gasteiger charge is -2.14. The molecule has 0 saturated heterocycles. The van der Waals surface area contributed by atoms with E-state index in [1.54, 1.807) is 6.08 Å². The summed E-state index contributed by atoms with van der Waals surface area (Å²) in [6.45, 7) is 0. The molecule has 1 aliphatic carbocycles. The molecule has 2 rings (SSSR count). The van der Waals surface area contributed by atoms with Crippen LogP contribution in [0.1, 0.15) is 24.8 Å². The molecular formula is C15H16O2. The SMILES string of the molecule is O=C1CCCC=C1C(O)C=Cc1ccccc1. The standard InChI is InChI=1S/C15H16O2/c16-14-9-5-4-8-13(14)15(17)11-10-12-6-2-1-3-7-12/h1-3,6-8,10-11,15,17H,4-5,9H2. The fourth-order valence-corrected chi connectivity index (χ4v) is 1.93. The van der Waals surface area contributed by atoms with Crippen LogP contribution in [-0.4, -0.2) is 17.0 Å². The Morgan fingerprint density at radius 1 is 1.24 bits per heavy atom. The minimum absolute atomic E-state index is 0.0708. The first kappa shape index (κ1) is 11.8. The zero-order chi connectivity index (χ0) is 12.1. The van der Waals surface area contributed by atoms with Crippen LogP contribution in [0.2, 0.25) is 0 Å². The van der Waals surface area contributed by atoms with Gasteiger partial charge in [-0.05, 0) is 18.4 Å². The van der Waals surface area contributed by atoms with E-state index in [9.17, 15) is 9.90 Å². The summed E-state index contributed by atoms with van der Waals surface area (Å²) in [7, 11) is 0. The zero-order valence-corrected chi connectivity index (χ0v) is 9.67. The minimum Gasteiger partial charge on any atom is -0.384 e. The van der Waals surface area contributed by atoms with Gasteiger partial charge in [0.1, 0.15) is 6.10 Å². The molecule has 0 radical (unpaired) electrons. The Bertz CT molecular complexity index is 443. The van der Waals surface area contributed by atoms with Gasteiger partial charge in [-0.25, -0.2) is 0 Å². The quantitative estimate of drug-likeness (QED) is 0.863. The molecule has 17 heavy (non-hydrogen) atoms. The molecule has 1 N–H and O–H groups in total. The van der Waals surface area contributed by atoms with E-state index in [2.05, 4.69) is 0 Å². The Morgan fingerprint density at radius 2 is 2.00 bits per heavy atom. The van der Waals surface area contributed by atoms with Crippen LogP contribution in [0.5, 0.6) is 0 Å². The van der Waals surface area contributed by atoms with Crippen LogP contribution < -0.4 is 0 Å². The Hall–Kier alpha value is -1.67. The molecule has 1 aliphatic rings. The van der Waals surface area contributed by atoms with Crippen molar-refractivity contribution >= 4 is 11.9 Å². The van der Waals surface area contributed by atoms with E-state index in [0.717, 1.165) is 18.4 Å². The first-order valence-corrected chi connectivity index (χ1v) is 5.92. The molecule has 0 amide bonds. The van der Waals surface area contributed by atoms with Crippen LogP contribution in [0.4, 0.5) is 0 Å². The first-order chi connectivity index (χ1) is 8.27. The fourth-order valence-electron chi connectivity index (χ4n) is 1.93. The molecule has 0 saturated carbocycles. The van der Waals surface area contributed by atoms with E-state index in [-0.39, 0.29) is 5.78 Å². The highest BCUT2D eigenvalue weighted by molar-refractivity contribution is 5.97. The second kappa shape index (κ2) is 5.60. The van der Waals surface area contributed by atoms with Gasteiger partial charge >= 0.3 is 0 Å². The molecule has 0 spiro atoms. The average molecular weight is 228 g/mol. The van der Waals surface area contributed by atoms with Crippen LogP contribution in [0.15, 0.2) is 48.1 Å². The number of hydrogen-bond donors (Lipinski definition) is 1. The Morgan fingerprint density at radius 3 is 2.71 bits per heavy atom. The van der Waals surface area contributed by atoms with E-state index >= 15 is 0 Å². The van der Waals surface area contributed by atoms with Gasteiger partial charge < -0.3 is 5.11 Å². The van der Waals surface area contributed by atoms with Gasteiger partial charge in [0.25, 0.3) is 0 Å². The summed E-state index contributed by atoms with van der Waals surface area (Å²) in [4.78, 5) is 11.6. The lowest BCUT2D eigenvalue weighted by molar-refractivity contribution is -0.116. The molecule has 0 aromatic heterocycles. The van der Waals surface area contributed by atoms with Crippen molar-refractivity contribution in [1.29, 1.82) is 0 Å². The fraction of sp³-hybridized carbons (Fsp3) is 0.267. The Balaban J connectivity index is 2.06. The minimum atomic E-state index is -0.775. The number of allylic oxidation sites excluding steroid dienone is 1.